The first-order chi connectivity index (χ1) is 9.19. The molecule has 3 heteroatoms. The average molecular weight is 277 g/mol. The lowest BCUT2D eigenvalue weighted by Gasteiger charge is -2.20. The number of carbonyl (C=O) groups excluding carboxylic acids is 1. The Bertz CT molecular complexity index is 429. The molecule has 0 aliphatic heterocycles. The average Bonchev–Trinajstić information content (AvgIpc) is 2.35. The maximum absolute atomic E-state index is 11.8. The summed E-state index contributed by atoms with van der Waals surface area (Å²) < 4.78 is 5.47. The van der Waals surface area contributed by atoms with Crippen molar-refractivity contribution >= 4 is 5.91 Å². The number of amides is 1. The van der Waals surface area contributed by atoms with Crippen LogP contribution in [0.3, 0.4) is 0 Å². The number of hydrogen-bond donors (Lipinski definition) is 1. The van der Waals surface area contributed by atoms with Crippen LogP contribution in [0.1, 0.15) is 64.6 Å². The molecular formula is C17H27NO2. The number of rotatable bonds is 5. The van der Waals surface area contributed by atoms with Gasteiger partial charge in [0, 0.05) is 0 Å². The van der Waals surface area contributed by atoms with Crippen LogP contribution in [0.4, 0.5) is 0 Å². The van der Waals surface area contributed by atoms with E-state index in [0.717, 1.165) is 5.56 Å². The zero-order chi connectivity index (χ0) is 15.3. The topological polar surface area (TPSA) is 38.3 Å². The van der Waals surface area contributed by atoms with Gasteiger partial charge in [-0.05, 0) is 44.7 Å². The molecule has 0 aliphatic carbocycles. The largest absolute Gasteiger partial charge is 0.366 e. The van der Waals surface area contributed by atoms with E-state index in [1.807, 2.05) is 27.7 Å². The van der Waals surface area contributed by atoms with E-state index in [4.69, 9.17) is 4.74 Å². The fourth-order valence-electron chi connectivity index (χ4n) is 1.82. The van der Waals surface area contributed by atoms with E-state index in [0.29, 0.717) is 5.92 Å². The van der Waals surface area contributed by atoms with Crippen LogP contribution in [-0.2, 0) is 9.53 Å². The molecule has 0 heterocycles. The second-order valence-electron chi connectivity index (χ2n) is 6.51. The molecule has 0 aliphatic rings. The lowest BCUT2D eigenvalue weighted by atomic mass is 9.99. The zero-order valence-corrected chi connectivity index (χ0v) is 13.5. The molecule has 1 aromatic carbocycles. The summed E-state index contributed by atoms with van der Waals surface area (Å²) in [6.07, 6.45) is 0. The van der Waals surface area contributed by atoms with Crippen molar-refractivity contribution in [3.05, 3.63) is 35.4 Å². The highest BCUT2D eigenvalue weighted by molar-refractivity contribution is 5.77. The molecule has 0 saturated heterocycles. The number of nitrogens with one attached hydrogen (secondary N) is 1. The third kappa shape index (κ3) is 5.74. The Kier molecular flexibility index (Phi) is 5.75. The van der Waals surface area contributed by atoms with E-state index in [-0.39, 0.29) is 24.2 Å². The van der Waals surface area contributed by atoms with Gasteiger partial charge in [0.2, 0.25) is 5.91 Å². The molecule has 0 spiro atoms. The lowest BCUT2D eigenvalue weighted by molar-refractivity contribution is -0.131. The Morgan fingerprint density at radius 3 is 2.05 bits per heavy atom. The maximum Gasteiger partial charge on any atom is 0.246 e. The fraction of sp³-hybridized carbons (Fsp3) is 0.588. The second-order valence-corrected chi connectivity index (χ2v) is 6.51. The molecule has 1 N–H and O–H groups in total. The van der Waals surface area contributed by atoms with E-state index in [1.165, 1.54) is 5.56 Å². The van der Waals surface area contributed by atoms with Gasteiger partial charge in [0.25, 0.3) is 0 Å². The number of benzene rings is 1. The lowest BCUT2D eigenvalue weighted by Crippen LogP contribution is -2.33. The van der Waals surface area contributed by atoms with Gasteiger partial charge < -0.3 is 10.1 Å². The van der Waals surface area contributed by atoms with Crippen LogP contribution >= 0.6 is 0 Å². The van der Waals surface area contributed by atoms with Gasteiger partial charge in [0.15, 0.2) is 0 Å². The molecular weight excluding hydrogens is 250 g/mol. The predicted molar refractivity (Wildman–Crippen MR) is 82.8 cm³/mol. The quantitative estimate of drug-likeness (QED) is 0.889. The summed E-state index contributed by atoms with van der Waals surface area (Å²) in [5.41, 5.74) is 2.13. The molecule has 0 radical (unpaired) electrons. The van der Waals surface area contributed by atoms with E-state index in [2.05, 4.69) is 43.4 Å². The molecule has 0 aromatic heterocycles. The van der Waals surface area contributed by atoms with Gasteiger partial charge in [-0.1, -0.05) is 38.1 Å². The standard InChI is InChI=1S/C17H27NO2/c1-12(2)14-7-9-15(10-8-14)13(3)18-16(19)11-20-17(4,5)6/h7-10,12-13H,11H2,1-6H3,(H,18,19). The predicted octanol–water partition coefficient (Wildman–Crippen LogP) is 3.80. The summed E-state index contributed by atoms with van der Waals surface area (Å²) in [6, 6.07) is 8.38. The molecule has 1 unspecified atom stereocenters. The van der Waals surface area contributed by atoms with Gasteiger partial charge in [-0.3, -0.25) is 4.79 Å². The minimum Gasteiger partial charge on any atom is -0.366 e. The van der Waals surface area contributed by atoms with Crippen LogP contribution in [-0.4, -0.2) is 18.1 Å². The van der Waals surface area contributed by atoms with Crippen molar-refractivity contribution in [2.75, 3.05) is 6.61 Å². The van der Waals surface area contributed by atoms with Gasteiger partial charge in [-0.15, -0.1) is 0 Å². The van der Waals surface area contributed by atoms with Gasteiger partial charge >= 0.3 is 0 Å². The van der Waals surface area contributed by atoms with Crippen LogP contribution in [0.15, 0.2) is 24.3 Å². The Morgan fingerprint density at radius 1 is 1.10 bits per heavy atom. The highest BCUT2D eigenvalue weighted by Gasteiger charge is 2.15. The van der Waals surface area contributed by atoms with Gasteiger partial charge in [0.05, 0.1) is 11.6 Å². The first-order valence-electron chi connectivity index (χ1n) is 7.22. The van der Waals surface area contributed by atoms with Crippen LogP contribution in [0, 0.1) is 0 Å². The summed E-state index contributed by atoms with van der Waals surface area (Å²) in [5, 5.41) is 2.95. The Hall–Kier alpha value is -1.35. The van der Waals surface area contributed by atoms with Crippen molar-refractivity contribution in [3.63, 3.8) is 0 Å². The summed E-state index contributed by atoms with van der Waals surface area (Å²) in [4.78, 5) is 11.8. The minimum absolute atomic E-state index is 0.00715. The van der Waals surface area contributed by atoms with E-state index in [9.17, 15) is 4.79 Å². The second kappa shape index (κ2) is 6.89. The summed E-state index contributed by atoms with van der Waals surface area (Å²) >= 11 is 0. The molecule has 0 saturated carbocycles. The summed E-state index contributed by atoms with van der Waals surface area (Å²) in [6.45, 7) is 12.2. The third-order valence-corrected chi connectivity index (χ3v) is 3.12. The van der Waals surface area contributed by atoms with Crippen LogP contribution in [0.2, 0.25) is 0 Å². The Morgan fingerprint density at radius 2 is 1.60 bits per heavy atom. The van der Waals surface area contributed by atoms with E-state index in [1.54, 1.807) is 0 Å². The Balaban J connectivity index is 2.53. The molecule has 1 amide bonds. The molecule has 1 rings (SSSR count). The van der Waals surface area contributed by atoms with Crippen molar-refractivity contribution in [3.8, 4) is 0 Å². The molecule has 1 atom stereocenters. The van der Waals surface area contributed by atoms with Gasteiger partial charge in [-0.2, -0.15) is 0 Å². The molecule has 0 bridgehead atoms. The van der Waals surface area contributed by atoms with E-state index >= 15 is 0 Å². The minimum atomic E-state index is -0.292. The number of ether oxygens (including phenoxy) is 1. The molecule has 0 fully saturated rings. The molecule has 1 aromatic rings. The first-order valence-corrected chi connectivity index (χ1v) is 7.22. The third-order valence-electron chi connectivity index (χ3n) is 3.12. The highest BCUT2D eigenvalue weighted by atomic mass is 16.5. The molecule has 3 nitrogen and oxygen atoms in total. The van der Waals surface area contributed by atoms with Crippen LogP contribution in [0.5, 0.6) is 0 Å². The van der Waals surface area contributed by atoms with Crippen molar-refractivity contribution in [2.24, 2.45) is 0 Å². The summed E-state index contributed by atoms with van der Waals surface area (Å²) in [5.74, 6) is 0.439. The van der Waals surface area contributed by atoms with E-state index < -0.39 is 0 Å². The zero-order valence-electron chi connectivity index (χ0n) is 13.5. The van der Waals surface area contributed by atoms with Crippen molar-refractivity contribution < 1.29 is 9.53 Å². The Labute approximate surface area is 122 Å². The number of hydrogen-bond acceptors (Lipinski definition) is 2. The molecule has 112 valence electrons. The fourth-order valence-corrected chi connectivity index (χ4v) is 1.82. The van der Waals surface area contributed by atoms with Gasteiger partial charge in [-0.25, -0.2) is 0 Å². The molecule has 20 heavy (non-hydrogen) atoms. The monoisotopic (exact) mass is 277 g/mol. The number of carbonyl (C=O) groups is 1. The smallest absolute Gasteiger partial charge is 0.246 e. The normalized spacial score (nSPS) is 13.3. The van der Waals surface area contributed by atoms with Crippen LogP contribution < -0.4 is 5.32 Å². The highest BCUT2D eigenvalue weighted by Crippen LogP contribution is 2.18. The van der Waals surface area contributed by atoms with Crippen molar-refractivity contribution in [1.29, 1.82) is 0 Å². The van der Waals surface area contributed by atoms with Crippen LogP contribution in [0.25, 0.3) is 0 Å². The van der Waals surface area contributed by atoms with Crippen molar-refractivity contribution in [2.45, 2.75) is 59.1 Å². The first kappa shape index (κ1) is 16.7. The maximum atomic E-state index is 11.8. The van der Waals surface area contributed by atoms with Crippen molar-refractivity contribution in [1.82, 2.24) is 5.32 Å². The summed E-state index contributed by atoms with van der Waals surface area (Å²) in [7, 11) is 0. The SMILES string of the molecule is CC(C)c1ccc(C(C)NC(=O)COC(C)(C)C)cc1. The van der Waals surface area contributed by atoms with Gasteiger partial charge in [0.1, 0.15) is 6.61 Å².